The number of aryl methyl sites for hydroxylation is 1. The number of hydrogen-bond acceptors (Lipinski definition) is 3. The Bertz CT molecular complexity index is 533. The van der Waals surface area contributed by atoms with E-state index in [1.807, 2.05) is 0 Å². The van der Waals surface area contributed by atoms with Gasteiger partial charge in [0.2, 0.25) is 5.91 Å². The number of likely N-dealkylation sites (N-methyl/N-ethyl adjacent to an activating group) is 1. The van der Waals surface area contributed by atoms with Crippen LogP contribution in [0.1, 0.15) is 39.0 Å². The van der Waals surface area contributed by atoms with Crippen molar-refractivity contribution in [3.63, 3.8) is 0 Å². The molecular weight excluding hydrogens is 250 g/mol. The van der Waals surface area contributed by atoms with E-state index in [-0.39, 0.29) is 17.8 Å². The first-order valence-electron chi connectivity index (χ1n) is 5.79. The van der Waals surface area contributed by atoms with Crippen LogP contribution in [0, 0.1) is 13.8 Å². The molecule has 0 radical (unpaired) electrons. The van der Waals surface area contributed by atoms with Crippen LogP contribution in [-0.4, -0.2) is 45.9 Å². The highest BCUT2D eigenvalue weighted by molar-refractivity contribution is 6.01. The van der Waals surface area contributed by atoms with Gasteiger partial charge >= 0.3 is 5.97 Å². The van der Waals surface area contributed by atoms with Gasteiger partial charge in [-0.3, -0.25) is 9.59 Å². The van der Waals surface area contributed by atoms with Gasteiger partial charge in [0.05, 0.1) is 12.1 Å². The van der Waals surface area contributed by atoms with Crippen molar-refractivity contribution in [3.05, 3.63) is 22.5 Å². The molecule has 19 heavy (non-hydrogen) atoms. The van der Waals surface area contributed by atoms with Crippen LogP contribution in [0.2, 0.25) is 0 Å². The molecule has 0 bridgehead atoms. The summed E-state index contributed by atoms with van der Waals surface area (Å²) in [6, 6.07) is 0. The second-order valence-corrected chi connectivity index (χ2v) is 4.22. The fraction of sp³-hybridized carbons (Fsp3) is 0.417. The van der Waals surface area contributed by atoms with Crippen molar-refractivity contribution in [2.24, 2.45) is 5.73 Å². The number of H-pyrrole nitrogens is 1. The number of hydrogen-bond donors (Lipinski definition) is 3. The third-order valence-corrected chi connectivity index (χ3v) is 2.88. The Hall–Kier alpha value is -2.31. The summed E-state index contributed by atoms with van der Waals surface area (Å²) in [7, 11) is 0. The van der Waals surface area contributed by atoms with E-state index in [1.165, 1.54) is 4.90 Å². The second kappa shape index (κ2) is 5.55. The van der Waals surface area contributed by atoms with Crippen LogP contribution in [0.3, 0.4) is 0 Å². The SMILES string of the molecule is CCN(CC(N)=O)C(=O)c1c(C)[nH]c(C(=O)O)c1C. The number of nitrogens with one attached hydrogen (secondary N) is 1. The lowest BCUT2D eigenvalue weighted by Crippen LogP contribution is -2.38. The molecule has 1 aromatic heterocycles. The number of amides is 2. The Kier molecular flexibility index (Phi) is 4.31. The molecule has 0 saturated carbocycles. The zero-order valence-corrected chi connectivity index (χ0v) is 11.1. The predicted octanol–water partition coefficient (Wildman–Crippen LogP) is 0.277. The van der Waals surface area contributed by atoms with Gasteiger partial charge in [-0.25, -0.2) is 4.79 Å². The van der Waals surface area contributed by atoms with Crippen molar-refractivity contribution in [2.45, 2.75) is 20.8 Å². The number of rotatable bonds is 5. The van der Waals surface area contributed by atoms with Crippen molar-refractivity contribution in [1.82, 2.24) is 9.88 Å². The summed E-state index contributed by atoms with van der Waals surface area (Å²) in [5.74, 6) is -2.14. The molecule has 1 heterocycles. The van der Waals surface area contributed by atoms with Gasteiger partial charge < -0.3 is 20.7 Å². The molecule has 7 heteroatoms. The third-order valence-electron chi connectivity index (χ3n) is 2.88. The molecule has 0 unspecified atom stereocenters. The van der Waals surface area contributed by atoms with E-state index in [1.54, 1.807) is 20.8 Å². The minimum absolute atomic E-state index is 0.0176. The van der Waals surface area contributed by atoms with Crippen LogP contribution >= 0.6 is 0 Å². The number of primary amides is 1. The Morgan fingerprint density at radius 1 is 1.32 bits per heavy atom. The minimum Gasteiger partial charge on any atom is -0.477 e. The molecule has 7 nitrogen and oxygen atoms in total. The average molecular weight is 267 g/mol. The number of carbonyl (C=O) groups is 3. The Morgan fingerprint density at radius 2 is 1.89 bits per heavy atom. The zero-order chi connectivity index (χ0) is 14.7. The lowest BCUT2D eigenvalue weighted by molar-refractivity contribution is -0.118. The summed E-state index contributed by atoms with van der Waals surface area (Å²) in [5, 5.41) is 9.00. The number of nitrogens with zero attached hydrogens (tertiary/aromatic N) is 1. The van der Waals surface area contributed by atoms with E-state index in [2.05, 4.69) is 4.98 Å². The molecule has 0 aliphatic heterocycles. The van der Waals surface area contributed by atoms with Gasteiger partial charge in [-0.05, 0) is 26.3 Å². The quantitative estimate of drug-likeness (QED) is 0.710. The van der Waals surface area contributed by atoms with Crippen LogP contribution in [-0.2, 0) is 4.79 Å². The summed E-state index contributed by atoms with van der Waals surface area (Å²) in [4.78, 5) is 38.1. The van der Waals surface area contributed by atoms with Crippen LogP contribution in [0.25, 0.3) is 0 Å². The number of nitrogens with two attached hydrogens (primary N) is 1. The fourth-order valence-electron chi connectivity index (χ4n) is 1.96. The fourth-order valence-corrected chi connectivity index (χ4v) is 1.96. The van der Waals surface area contributed by atoms with Gasteiger partial charge in [-0.1, -0.05) is 0 Å². The topological polar surface area (TPSA) is 116 Å². The van der Waals surface area contributed by atoms with Crippen LogP contribution in [0.5, 0.6) is 0 Å². The molecule has 0 aliphatic carbocycles. The van der Waals surface area contributed by atoms with Gasteiger partial charge in [0.25, 0.3) is 5.91 Å². The molecule has 0 fully saturated rings. The van der Waals surface area contributed by atoms with E-state index in [9.17, 15) is 14.4 Å². The highest BCUT2D eigenvalue weighted by Crippen LogP contribution is 2.19. The smallest absolute Gasteiger partial charge is 0.352 e. The Balaban J connectivity index is 3.18. The number of carboxylic acids is 1. The van der Waals surface area contributed by atoms with Gasteiger partial charge in [0.15, 0.2) is 0 Å². The normalized spacial score (nSPS) is 10.3. The summed E-state index contributed by atoms with van der Waals surface area (Å²) < 4.78 is 0. The van der Waals surface area contributed by atoms with E-state index in [0.717, 1.165) is 0 Å². The van der Waals surface area contributed by atoms with Gasteiger partial charge in [0, 0.05) is 12.2 Å². The molecule has 4 N–H and O–H groups in total. The average Bonchev–Trinajstić information content (AvgIpc) is 2.61. The highest BCUT2D eigenvalue weighted by Gasteiger charge is 2.25. The van der Waals surface area contributed by atoms with E-state index in [4.69, 9.17) is 10.8 Å². The third kappa shape index (κ3) is 2.93. The molecule has 1 rings (SSSR count). The van der Waals surface area contributed by atoms with Crippen molar-refractivity contribution >= 4 is 17.8 Å². The Labute approximate surface area is 110 Å². The van der Waals surface area contributed by atoms with Crippen molar-refractivity contribution in [3.8, 4) is 0 Å². The number of carbonyl (C=O) groups excluding carboxylic acids is 2. The Morgan fingerprint density at radius 3 is 2.26 bits per heavy atom. The summed E-state index contributed by atoms with van der Waals surface area (Å²) in [5.41, 5.74) is 6.16. The lowest BCUT2D eigenvalue weighted by Gasteiger charge is -2.19. The molecule has 0 atom stereocenters. The highest BCUT2D eigenvalue weighted by atomic mass is 16.4. The van der Waals surface area contributed by atoms with Gasteiger partial charge in [-0.15, -0.1) is 0 Å². The molecule has 2 amide bonds. The maximum absolute atomic E-state index is 12.3. The number of aromatic nitrogens is 1. The number of aromatic carboxylic acids is 1. The number of carboxylic acid groups (broad SMARTS) is 1. The predicted molar refractivity (Wildman–Crippen MR) is 68.0 cm³/mol. The number of aromatic amines is 1. The minimum atomic E-state index is -1.13. The van der Waals surface area contributed by atoms with Crippen molar-refractivity contribution in [2.75, 3.05) is 13.1 Å². The molecule has 1 aromatic rings. The first-order valence-corrected chi connectivity index (χ1v) is 5.79. The maximum Gasteiger partial charge on any atom is 0.352 e. The first-order chi connectivity index (χ1) is 8.79. The summed E-state index contributed by atoms with van der Waals surface area (Å²) in [6.45, 7) is 5.01. The monoisotopic (exact) mass is 267 g/mol. The van der Waals surface area contributed by atoms with Crippen molar-refractivity contribution in [1.29, 1.82) is 0 Å². The second-order valence-electron chi connectivity index (χ2n) is 4.22. The summed E-state index contributed by atoms with van der Waals surface area (Å²) >= 11 is 0. The van der Waals surface area contributed by atoms with E-state index < -0.39 is 17.8 Å². The largest absolute Gasteiger partial charge is 0.477 e. The molecule has 0 aliphatic rings. The van der Waals surface area contributed by atoms with Crippen molar-refractivity contribution < 1.29 is 19.5 Å². The lowest BCUT2D eigenvalue weighted by atomic mass is 10.1. The zero-order valence-electron chi connectivity index (χ0n) is 11.1. The van der Waals surface area contributed by atoms with Crippen LogP contribution < -0.4 is 5.73 Å². The first kappa shape index (κ1) is 14.7. The molecule has 0 spiro atoms. The van der Waals surface area contributed by atoms with Crippen LogP contribution in [0.15, 0.2) is 0 Å². The molecular formula is C12H17N3O4. The maximum atomic E-state index is 12.3. The van der Waals surface area contributed by atoms with Gasteiger partial charge in [0.1, 0.15) is 5.69 Å². The van der Waals surface area contributed by atoms with Gasteiger partial charge in [-0.2, -0.15) is 0 Å². The van der Waals surface area contributed by atoms with E-state index in [0.29, 0.717) is 17.8 Å². The molecule has 0 aromatic carbocycles. The standard InChI is InChI=1S/C12H17N3O4/c1-4-15(5-8(13)16)11(17)9-6(2)10(12(18)19)14-7(9)3/h14H,4-5H2,1-3H3,(H2,13,16)(H,18,19). The summed E-state index contributed by atoms with van der Waals surface area (Å²) in [6.07, 6.45) is 0. The van der Waals surface area contributed by atoms with E-state index >= 15 is 0 Å². The van der Waals surface area contributed by atoms with Crippen LogP contribution in [0.4, 0.5) is 0 Å². The molecule has 0 saturated heterocycles. The molecule has 104 valence electrons.